The predicted molar refractivity (Wildman–Crippen MR) is 116 cm³/mol. The van der Waals surface area contributed by atoms with Gasteiger partial charge in [0.1, 0.15) is 23.9 Å². The van der Waals surface area contributed by atoms with Crippen LogP contribution in [0.25, 0.3) is 0 Å². The molecule has 0 unspecified atom stereocenters. The highest BCUT2D eigenvalue weighted by atomic mass is 19.1. The van der Waals surface area contributed by atoms with Gasteiger partial charge in [-0.25, -0.2) is 4.39 Å². The molecule has 1 aromatic heterocycles. The zero-order valence-electron chi connectivity index (χ0n) is 17.5. The van der Waals surface area contributed by atoms with E-state index < -0.39 is 0 Å². The number of ether oxygens (including phenoxy) is 1. The fourth-order valence-electron chi connectivity index (χ4n) is 3.77. The van der Waals surface area contributed by atoms with E-state index in [1.807, 2.05) is 12.1 Å². The topological polar surface area (TPSA) is 54.7 Å². The van der Waals surface area contributed by atoms with E-state index in [0.29, 0.717) is 18.1 Å². The Bertz CT molecular complexity index is 994. The summed E-state index contributed by atoms with van der Waals surface area (Å²) in [5.41, 5.74) is 2.37. The summed E-state index contributed by atoms with van der Waals surface area (Å²) in [6.07, 6.45) is 3.82. The Morgan fingerprint density at radius 2 is 1.71 bits per heavy atom. The minimum absolute atomic E-state index is 0.164. The molecule has 1 N–H and O–H groups in total. The summed E-state index contributed by atoms with van der Waals surface area (Å²) in [5.74, 6) is 0.725. The Kier molecular flexibility index (Phi) is 6.99. The van der Waals surface area contributed by atoms with Crippen LogP contribution < -0.4 is 10.1 Å². The molecule has 31 heavy (non-hydrogen) atoms. The van der Waals surface area contributed by atoms with E-state index in [0.717, 1.165) is 25.2 Å². The molecule has 162 valence electrons. The van der Waals surface area contributed by atoms with Gasteiger partial charge < -0.3 is 14.5 Å². The van der Waals surface area contributed by atoms with Crippen LogP contribution in [0.3, 0.4) is 0 Å². The minimum atomic E-state index is -0.318. The molecule has 1 saturated heterocycles. The lowest BCUT2D eigenvalue weighted by atomic mass is 10.0. The summed E-state index contributed by atoms with van der Waals surface area (Å²) >= 11 is 0. The van der Waals surface area contributed by atoms with Crippen molar-refractivity contribution in [2.24, 2.45) is 0 Å². The van der Waals surface area contributed by atoms with Gasteiger partial charge in [0, 0.05) is 13.1 Å². The number of hydrogen-bond donors (Lipinski definition) is 1. The van der Waals surface area contributed by atoms with Crippen LogP contribution >= 0.6 is 0 Å². The van der Waals surface area contributed by atoms with E-state index in [9.17, 15) is 9.18 Å². The molecule has 0 spiro atoms. The molecule has 0 radical (unpaired) electrons. The third-order valence-corrected chi connectivity index (χ3v) is 5.48. The van der Waals surface area contributed by atoms with Crippen LogP contribution in [0.5, 0.6) is 5.75 Å². The van der Waals surface area contributed by atoms with Crippen LogP contribution in [-0.4, -0.2) is 23.9 Å². The number of halogens is 1. The van der Waals surface area contributed by atoms with Gasteiger partial charge in [0.15, 0.2) is 5.76 Å². The van der Waals surface area contributed by atoms with E-state index in [2.05, 4.69) is 22.3 Å². The molecule has 0 saturated carbocycles. The Morgan fingerprint density at radius 1 is 0.968 bits per heavy atom. The van der Waals surface area contributed by atoms with Crippen LogP contribution in [-0.2, 0) is 19.7 Å². The van der Waals surface area contributed by atoms with Gasteiger partial charge in [-0.2, -0.15) is 0 Å². The molecule has 6 heteroatoms. The van der Waals surface area contributed by atoms with Gasteiger partial charge in [-0.1, -0.05) is 30.7 Å². The van der Waals surface area contributed by atoms with Gasteiger partial charge in [-0.05, 0) is 73.5 Å². The summed E-state index contributed by atoms with van der Waals surface area (Å²) < 4.78 is 24.1. The molecular formula is C25H27FN2O3. The molecule has 1 fully saturated rings. The standard InChI is InChI=1S/C25H27FN2O3/c26-21-8-10-22(11-9-21)30-18-23-12-13-24(31-23)25(29)27-16-19-6-2-3-7-20(19)17-28-14-4-1-5-15-28/h2-3,6-13H,1,4-5,14-18H2,(H,27,29). The van der Waals surface area contributed by atoms with Crippen LogP contribution in [0.2, 0.25) is 0 Å². The Hall–Kier alpha value is -3.12. The third kappa shape index (κ3) is 5.95. The van der Waals surface area contributed by atoms with Crippen LogP contribution in [0.15, 0.2) is 65.1 Å². The van der Waals surface area contributed by atoms with Crippen molar-refractivity contribution < 1.29 is 18.3 Å². The highest BCUT2D eigenvalue weighted by Crippen LogP contribution is 2.17. The van der Waals surface area contributed by atoms with E-state index in [1.54, 1.807) is 24.3 Å². The number of piperidine rings is 1. The van der Waals surface area contributed by atoms with Crippen molar-refractivity contribution in [2.75, 3.05) is 13.1 Å². The lowest BCUT2D eigenvalue weighted by Crippen LogP contribution is -2.30. The normalized spacial score (nSPS) is 14.4. The highest BCUT2D eigenvalue weighted by molar-refractivity contribution is 5.91. The molecule has 2 heterocycles. The van der Waals surface area contributed by atoms with Gasteiger partial charge in [-0.3, -0.25) is 9.69 Å². The average molecular weight is 423 g/mol. The first kappa shape index (κ1) is 21.1. The summed E-state index contributed by atoms with van der Waals surface area (Å²) in [6, 6.07) is 17.3. The number of rotatable bonds is 8. The Morgan fingerprint density at radius 3 is 2.48 bits per heavy atom. The van der Waals surface area contributed by atoms with Crippen molar-refractivity contribution in [1.29, 1.82) is 0 Å². The van der Waals surface area contributed by atoms with E-state index >= 15 is 0 Å². The van der Waals surface area contributed by atoms with Crippen molar-refractivity contribution in [2.45, 2.75) is 39.0 Å². The lowest BCUT2D eigenvalue weighted by Gasteiger charge is -2.27. The van der Waals surface area contributed by atoms with Crippen molar-refractivity contribution >= 4 is 5.91 Å². The SMILES string of the molecule is O=C(NCc1ccccc1CN1CCCCC1)c1ccc(COc2ccc(F)cc2)o1. The van der Waals surface area contributed by atoms with Gasteiger partial charge in [0.25, 0.3) is 5.91 Å². The largest absolute Gasteiger partial charge is 0.486 e. The molecule has 1 amide bonds. The fraction of sp³-hybridized carbons (Fsp3) is 0.320. The van der Waals surface area contributed by atoms with Crippen molar-refractivity contribution in [1.82, 2.24) is 10.2 Å². The Balaban J connectivity index is 1.30. The maximum absolute atomic E-state index is 13.0. The van der Waals surface area contributed by atoms with Crippen molar-refractivity contribution in [3.63, 3.8) is 0 Å². The molecule has 5 nitrogen and oxygen atoms in total. The zero-order valence-corrected chi connectivity index (χ0v) is 17.5. The van der Waals surface area contributed by atoms with Crippen LogP contribution in [0, 0.1) is 5.82 Å². The number of nitrogens with zero attached hydrogens (tertiary/aromatic N) is 1. The molecule has 3 aromatic rings. The second-order valence-corrected chi connectivity index (χ2v) is 7.80. The number of amides is 1. The van der Waals surface area contributed by atoms with Crippen LogP contribution in [0.4, 0.5) is 4.39 Å². The minimum Gasteiger partial charge on any atom is -0.486 e. The lowest BCUT2D eigenvalue weighted by molar-refractivity contribution is 0.0919. The molecule has 2 aromatic carbocycles. The summed E-state index contributed by atoms with van der Waals surface area (Å²) in [6.45, 7) is 3.80. The van der Waals surface area contributed by atoms with Crippen molar-refractivity contribution in [3.05, 3.63) is 89.1 Å². The average Bonchev–Trinajstić information content (AvgIpc) is 3.28. The number of hydrogen-bond acceptors (Lipinski definition) is 4. The molecule has 0 aliphatic carbocycles. The second-order valence-electron chi connectivity index (χ2n) is 7.80. The van der Waals surface area contributed by atoms with E-state index in [4.69, 9.17) is 9.15 Å². The molecule has 4 rings (SSSR count). The molecular weight excluding hydrogens is 395 g/mol. The maximum Gasteiger partial charge on any atom is 0.287 e. The molecule has 1 aliphatic rings. The Labute approximate surface area is 181 Å². The highest BCUT2D eigenvalue weighted by Gasteiger charge is 2.15. The van der Waals surface area contributed by atoms with Crippen LogP contribution in [0.1, 0.15) is 46.7 Å². The van der Waals surface area contributed by atoms with Gasteiger partial charge in [0.05, 0.1) is 0 Å². The monoisotopic (exact) mass is 422 g/mol. The maximum atomic E-state index is 13.0. The smallest absolute Gasteiger partial charge is 0.287 e. The van der Waals surface area contributed by atoms with Gasteiger partial charge >= 0.3 is 0 Å². The predicted octanol–water partition coefficient (Wildman–Crippen LogP) is 4.91. The zero-order chi connectivity index (χ0) is 21.5. The molecule has 0 bridgehead atoms. The third-order valence-electron chi connectivity index (χ3n) is 5.48. The first-order valence-corrected chi connectivity index (χ1v) is 10.7. The number of nitrogens with one attached hydrogen (secondary N) is 1. The summed E-state index contributed by atoms with van der Waals surface area (Å²) in [7, 11) is 0. The van der Waals surface area contributed by atoms with Gasteiger partial charge in [-0.15, -0.1) is 0 Å². The first-order valence-electron chi connectivity index (χ1n) is 10.7. The number of likely N-dealkylation sites (tertiary alicyclic amines) is 1. The number of carbonyl (C=O) groups excluding carboxylic acids is 1. The number of carbonyl (C=O) groups is 1. The summed E-state index contributed by atoms with van der Waals surface area (Å²) in [4.78, 5) is 15.0. The quantitative estimate of drug-likeness (QED) is 0.560. The number of benzene rings is 2. The molecule has 1 aliphatic heterocycles. The van der Waals surface area contributed by atoms with E-state index in [1.165, 1.54) is 37.0 Å². The van der Waals surface area contributed by atoms with Gasteiger partial charge in [0.2, 0.25) is 0 Å². The van der Waals surface area contributed by atoms with Crippen molar-refractivity contribution in [3.8, 4) is 5.75 Å². The second kappa shape index (κ2) is 10.3. The number of furan rings is 1. The van der Waals surface area contributed by atoms with E-state index in [-0.39, 0.29) is 24.1 Å². The fourth-order valence-corrected chi connectivity index (χ4v) is 3.77. The molecule has 0 atom stereocenters. The first-order chi connectivity index (χ1) is 15.2. The summed E-state index contributed by atoms with van der Waals surface area (Å²) in [5, 5.41) is 2.95.